The van der Waals surface area contributed by atoms with Crippen molar-refractivity contribution >= 4 is 32.7 Å². The van der Waals surface area contributed by atoms with Crippen molar-refractivity contribution in [1.29, 1.82) is 0 Å². The normalized spacial score (nSPS) is 10.7. The maximum absolute atomic E-state index is 5.87. The molecule has 0 bridgehead atoms. The van der Waals surface area contributed by atoms with Crippen LogP contribution in [-0.4, -0.2) is 15.0 Å². The number of halogens is 1. The van der Waals surface area contributed by atoms with Crippen molar-refractivity contribution in [2.45, 2.75) is 0 Å². The molecule has 3 aromatic rings. The molecule has 0 amide bonds. The van der Waals surface area contributed by atoms with Gasteiger partial charge in [0.2, 0.25) is 0 Å². The molecular formula is C13H9BrN4. The number of hydrogen-bond donors (Lipinski definition) is 1. The van der Waals surface area contributed by atoms with E-state index in [0.717, 1.165) is 20.9 Å². The van der Waals surface area contributed by atoms with Crippen LogP contribution in [-0.2, 0) is 0 Å². The quantitative estimate of drug-likeness (QED) is 0.750. The van der Waals surface area contributed by atoms with Gasteiger partial charge in [0.25, 0.3) is 0 Å². The summed E-state index contributed by atoms with van der Waals surface area (Å²) in [4.78, 5) is 12.8. The lowest BCUT2D eigenvalue weighted by molar-refractivity contribution is 1.21. The largest absolute Gasteiger partial charge is 0.382 e. The molecule has 5 heteroatoms. The van der Waals surface area contributed by atoms with Crippen LogP contribution in [0.15, 0.2) is 47.3 Å². The Bertz CT molecular complexity index is 727. The topological polar surface area (TPSA) is 64.7 Å². The fourth-order valence-electron chi connectivity index (χ4n) is 1.89. The average molecular weight is 301 g/mol. The van der Waals surface area contributed by atoms with E-state index in [4.69, 9.17) is 5.73 Å². The summed E-state index contributed by atoms with van der Waals surface area (Å²) in [5, 5.41) is 1.03. The highest BCUT2D eigenvalue weighted by Crippen LogP contribution is 2.32. The van der Waals surface area contributed by atoms with Gasteiger partial charge >= 0.3 is 0 Å². The number of rotatable bonds is 1. The Labute approximate surface area is 112 Å². The number of benzene rings is 1. The average Bonchev–Trinajstić information content (AvgIpc) is 2.41. The molecule has 4 nitrogen and oxygen atoms in total. The summed E-state index contributed by atoms with van der Waals surface area (Å²) in [7, 11) is 0. The van der Waals surface area contributed by atoms with Gasteiger partial charge in [-0.25, -0.2) is 4.98 Å². The molecule has 0 saturated heterocycles. The number of anilines is 1. The first kappa shape index (κ1) is 11.1. The molecule has 0 unspecified atom stereocenters. The lowest BCUT2D eigenvalue weighted by Crippen LogP contribution is -1.97. The standard InChI is InChI=1S/C13H9BrN4/c14-10-4-3-9(11-8(10)2-1-5-16-11)12-13(15)18-7-6-17-12/h1-7H,(H2,15,18). The molecule has 1 aromatic carbocycles. The number of hydrogen-bond acceptors (Lipinski definition) is 4. The third-order valence-corrected chi connectivity index (χ3v) is 3.39. The number of nitrogens with zero attached hydrogens (tertiary/aromatic N) is 3. The van der Waals surface area contributed by atoms with Gasteiger partial charge in [-0.3, -0.25) is 9.97 Å². The van der Waals surface area contributed by atoms with E-state index >= 15 is 0 Å². The Kier molecular flexibility index (Phi) is 2.68. The number of fused-ring (bicyclic) bond motifs is 1. The number of nitrogen functional groups attached to an aromatic ring is 1. The summed E-state index contributed by atoms with van der Waals surface area (Å²) in [6.45, 7) is 0. The third-order valence-electron chi connectivity index (χ3n) is 2.70. The SMILES string of the molecule is Nc1nccnc1-c1ccc(Br)c2cccnc12. The maximum Gasteiger partial charge on any atom is 0.150 e. The van der Waals surface area contributed by atoms with Gasteiger partial charge in [0.05, 0.1) is 5.52 Å². The molecule has 18 heavy (non-hydrogen) atoms. The molecule has 0 spiro atoms. The first-order valence-corrected chi connectivity index (χ1v) is 6.17. The third kappa shape index (κ3) is 1.73. The van der Waals surface area contributed by atoms with Crippen molar-refractivity contribution in [2.24, 2.45) is 0 Å². The van der Waals surface area contributed by atoms with E-state index in [1.54, 1.807) is 18.6 Å². The van der Waals surface area contributed by atoms with Crippen LogP contribution in [0.25, 0.3) is 22.2 Å². The maximum atomic E-state index is 5.87. The molecule has 0 aliphatic heterocycles. The molecule has 2 heterocycles. The summed E-state index contributed by atoms with van der Waals surface area (Å²) in [6, 6.07) is 7.81. The molecule has 0 fully saturated rings. The first-order chi connectivity index (χ1) is 8.77. The van der Waals surface area contributed by atoms with Gasteiger partial charge < -0.3 is 5.73 Å². The molecule has 0 aliphatic carbocycles. The van der Waals surface area contributed by atoms with Crippen LogP contribution in [0, 0.1) is 0 Å². The summed E-state index contributed by atoms with van der Waals surface area (Å²) in [6.07, 6.45) is 4.96. The predicted molar refractivity (Wildman–Crippen MR) is 74.9 cm³/mol. The molecule has 88 valence electrons. The predicted octanol–water partition coefficient (Wildman–Crippen LogP) is 3.04. The van der Waals surface area contributed by atoms with Crippen molar-refractivity contribution in [3.05, 3.63) is 47.3 Å². The monoisotopic (exact) mass is 300 g/mol. The summed E-state index contributed by atoms with van der Waals surface area (Å²) >= 11 is 3.51. The summed E-state index contributed by atoms with van der Waals surface area (Å²) in [5.74, 6) is 0.409. The van der Waals surface area contributed by atoms with Gasteiger partial charge in [-0.1, -0.05) is 22.0 Å². The number of nitrogens with two attached hydrogens (primary N) is 1. The Morgan fingerprint density at radius 2 is 1.78 bits per heavy atom. The number of pyridine rings is 1. The van der Waals surface area contributed by atoms with Crippen LogP contribution >= 0.6 is 15.9 Å². The first-order valence-electron chi connectivity index (χ1n) is 5.37. The molecule has 0 aliphatic rings. The van der Waals surface area contributed by atoms with Crippen molar-refractivity contribution < 1.29 is 0 Å². The van der Waals surface area contributed by atoms with Crippen molar-refractivity contribution in [3.63, 3.8) is 0 Å². The lowest BCUT2D eigenvalue weighted by Gasteiger charge is -2.07. The zero-order valence-corrected chi connectivity index (χ0v) is 10.9. The summed E-state index contributed by atoms with van der Waals surface area (Å²) in [5.41, 5.74) is 8.28. The van der Waals surface area contributed by atoms with E-state index in [2.05, 4.69) is 30.9 Å². The molecule has 0 saturated carbocycles. The minimum absolute atomic E-state index is 0.409. The fourth-order valence-corrected chi connectivity index (χ4v) is 2.34. The molecule has 3 rings (SSSR count). The van der Waals surface area contributed by atoms with E-state index in [9.17, 15) is 0 Å². The van der Waals surface area contributed by atoms with E-state index in [-0.39, 0.29) is 0 Å². The minimum atomic E-state index is 0.409. The van der Waals surface area contributed by atoms with Gasteiger partial charge in [0, 0.05) is 34.0 Å². The van der Waals surface area contributed by atoms with Crippen molar-refractivity contribution in [2.75, 3.05) is 5.73 Å². The second-order valence-corrected chi connectivity index (χ2v) is 4.64. The van der Waals surface area contributed by atoms with Crippen LogP contribution in [0.1, 0.15) is 0 Å². The van der Waals surface area contributed by atoms with Gasteiger partial charge in [-0.05, 0) is 18.2 Å². The lowest BCUT2D eigenvalue weighted by atomic mass is 10.1. The van der Waals surface area contributed by atoms with Gasteiger partial charge in [-0.15, -0.1) is 0 Å². The van der Waals surface area contributed by atoms with E-state index < -0.39 is 0 Å². The Morgan fingerprint density at radius 3 is 2.61 bits per heavy atom. The van der Waals surface area contributed by atoms with Crippen LogP contribution in [0.5, 0.6) is 0 Å². The van der Waals surface area contributed by atoms with Crippen LogP contribution in [0.4, 0.5) is 5.82 Å². The highest BCUT2D eigenvalue weighted by molar-refractivity contribution is 9.10. The smallest absolute Gasteiger partial charge is 0.150 e. The number of aromatic nitrogens is 3. The zero-order valence-electron chi connectivity index (χ0n) is 9.34. The molecule has 0 radical (unpaired) electrons. The zero-order chi connectivity index (χ0) is 12.5. The van der Waals surface area contributed by atoms with Crippen molar-refractivity contribution in [3.8, 4) is 11.3 Å². The molecule has 0 atom stereocenters. The van der Waals surface area contributed by atoms with Gasteiger partial charge in [-0.2, -0.15) is 0 Å². The second kappa shape index (κ2) is 4.34. The second-order valence-electron chi connectivity index (χ2n) is 3.78. The Hall–Kier alpha value is -2.01. The van der Waals surface area contributed by atoms with Gasteiger partial charge in [0.1, 0.15) is 11.5 Å². The van der Waals surface area contributed by atoms with Gasteiger partial charge in [0.15, 0.2) is 0 Å². The van der Waals surface area contributed by atoms with E-state index in [0.29, 0.717) is 11.5 Å². The molecule has 2 aromatic heterocycles. The van der Waals surface area contributed by atoms with Crippen molar-refractivity contribution in [1.82, 2.24) is 15.0 Å². The molecular weight excluding hydrogens is 292 g/mol. The highest BCUT2D eigenvalue weighted by Gasteiger charge is 2.11. The van der Waals surface area contributed by atoms with E-state index in [1.165, 1.54) is 0 Å². The highest BCUT2D eigenvalue weighted by atomic mass is 79.9. The minimum Gasteiger partial charge on any atom is -0.382 e. The fraction of sp³-hybridized carbons (Fsp3) is 0. The van der Waals surface area contributed by atoms with Crippen LogP contribution in [0.2, 0.25) is 0 Å². The Balaban J connectivity index is 2.38. The Morgan fingerprint density at radius 1 is 0.944 bits per heavy atom. The molecule has 2 N–H and O–H groups in total. The van der Waals surface area contributed by atoms with Crippen LogP contribution < -0.4 is 5.73 Å². The summed E-state index contributed by atoms with van der Waals surface area (Å²) < 4.78 is 0.997. The van der Waals surface area contributed by atoms with E-state index in [1.807, 2.05) is 24.3 Å². The van der Waals surface area contributed by atoms with Crippen LogP contribution in [0.3, 0.4) is 0 Å².